The van der Waals surface area contributed by atoms with Gasteiger partial charge in [-0.15, -0.1) is 0 Å². The van der Waals surface area contributed by atoms with E-state index in [9.17, 15) is 25.0 Å². The first-order chi connectivity index (χ1) is 20.8. The summed E-state index contributed by atoms with van der Waals surface area (Å²) in [6.45, 7) is -0.117. The summed E-state index contributed by atoms with van der Waals surface area (Å²) in [4.78, 5) is 39.9. The lowest BCUT2D eigenvalue weighted by Crippen LogP contribution is -2.20. The Kier molecular flexibility index (Phi) is 7.10. The number of fused-ring (bicyclic) bond motifs is 2. The van der Waals surface area contributed by atoms with E-state index in [-0.39, 0.29) is 40.9 Å². The molecule has 0 saturated heterocycles. The van der Waals surface area contributed by atoms with Gasteiger partial charge in [-0.25, -0.2) is 4.98 Å². The van der Waals surface area contributed by atoms with Crippen LogP contribution in [0.3, 0.4) is 0 Å². The zero-order chi connectivity index (χ0) is 30.1. The van der Waals surface area contributed by atoms with Gasteiger partial charge in [0.15, 0.2) is 5.76 Å². The van der Waals surface area contributed by atoms with Gasteiger partial charge in [0.05, 0.1) is 27.0 Å². The van der Waals surface area contributed by atoms with Crippen LogP contribution in [0.1, 0.15) is 11.1 Å². The number of nitro groups is 2. The van der Waals surface area contributed by atoms with E-state index in [1.165, 1.54) is 42.6 Å². The van der Waals surface area contributed by atoms with E-state index in [0.717, 1.165) is 4.68 Å². The van der Waals surface area contributed by atoms with Crippen LogP contribution in [0.15, 0.2) is 105 Å². The second-order valence-corrected chi connectivity index (χ2v) is 9.71. The topological polar surface area (TPSA) is 156 Å². The van der Waals surface area contributed by atoms with E-state index in [0.29, 0.717) is 32.5 Å². The molecular weight excluding hydrogens is 578 g/mol. The summed E-state index contributed by atoms with van der Waals surface area (Å²) < 4.78 is 12.9. The fraction of sp³-hybridized carbons (Fsp3) is 0.0333. The number of halogens is 1. The Morgan fingerprint density at radius 3 is 2.51 bits per heavy atom. The van der Waals surface area contributed by atoms with Crippen molar-refractivity contribution in [1.29, 1.82) is 0 Å². The van der Waals surface area contributed by atoms with Gasteiger partial charge in [0.1, 0.15) is 12.2 Å². The van der Waals surface area contributed by atoms with Gasteiger partial charge < -0.3 is 9.15 Å². The normalized spacial score (nSPS) is 11.4. The van der Waals surface area contributed by atoms with Gasteiger partial charge in [-0.2, -0.15) is 9.78 Å². The summed E-state index contributed by atoms with van der Waals surface area (Å²) in [5, 5.41) is 28.7. The van der Waals surface area contributed by atoms with Crippen LogP contribution in [0.5, 0.6) is 5.75 Å². The Morgan fingerprint density at radius 1 is 0.953 bits per heavy atom. The Hall–Kier alpha value is -5.88. The smallest absolute Gasteiger partial charge is 0.311 e. The second kappa shape index (κ2) is 11.2. The minimum atomic E-state index is -0.600. The van der Waals surface area contributed by atoms with E-state index < -0.39 is 15.4 Å². The van der Waals surface area contributed by atoms with Gasteiger partial charge in [-0.3, -0.25) is 25.0 Å². The van der Waals surface area contributed by atoms with Gasteiger partial charge in [0.2, 0.25) is 11.6 Å². The number of non-ortho nitro benzene ring substituents is 1. The highest BCUT2D eigenvalue weighted by Crippen LogP contribution is 2.32. The van der Waals surface area contributed by atoms with Crippen LogP contribution in [-0.4, -0.2) is 25.7 Å². The van der Waals surface area contributed by atoms with Crippen LogP contribution in [0.2, 0.25) is 5.02 Å². The maximum Gasteiger partial charge on any atom is 0.311 e. The van der Waals surface area contributed by atoms with E-state index in [1.54, 1.807) is 54.6 Å². The molecule has 0 unspecified atom stereocenters. The molecule has 2 aromatic heterocycles. The fourth-order valence-corrected chi connectivity index (χ4v) is 4.63. The molecule has 0 aliphatic rings. The molecule has 43 heavy (non-hydrogen) atoms. The molecule has 4 aromatic carbocycles. The number of benzene rings is 4. The van der Waals surface area contributed by atoms with Crippen LogP contribution in [-0.2, 0) is 6.61 Å². The number of hydrogen-bond donors (Lipinski definition) is 0. The van der Waals surface area contributed by atoms with Gasteiger partial charge in [0, 0.05) is 34.2 Å². The van der Waals surface area contributed by atoms with E-state index in [1.807, 2.05) is 0 Å². The van der Waals surface area contributed by atoms with Crippen molar-refractivity contribution in [3.8, 4) is 17.3 Å². The minimum Gasteiger partial charge on any atom is -0.481 e. The summed E-state index contributed by atoms with van der Waals surface area (Å²) in [5.74, 6) is 0.258. The highest BCUT2D eigenvalue weighted by atomic mass is 35.5. The van der Waals surface area contributed by atoms with E-state index in [4.69, 9.17) is 20.8 Å². The number of ether oxygens (including phenoxy) is 1. The van der Waals surface area contributed by atoms with Crippen molar-refractivity contribution in [2.24, 2.45) is 5.10 Å². The number of furan rings is 1. The largest absolute Gasteiger partial charge is 0.481 e. The van der Waals surface area contributed by atoms with Crippen molar-refractivity contribution in [2.75, 3.05) is 0 Å². The summed E-state index contributed by atoms with van der Waals surface area (Å²) in [7, 11) is 0. The summed E-state index contributed by atoms with van der Waals surface area (Å²) >= 11 is 6.14. The van der Waals surface area contributed by atoms with Crippen molar-refractivity contribution in [2.45, 2.75) is 6.61 Å². The third-order valence-corrected chi connectivity index (χ3v) is 6.75. The number of rotatable bonds is 8. The van der Waals surface area contributed by atoms with Gasteiger partial charge in [-0.1, -0.05) is 29.8 Å². The van der Waals surface area contributed by atoms with Crippen molar-refractivity contribution in [3.63, 3.8) is 0 Å². The molecule has 0 N–H and O–H groups in total. The monoisotopic (exact) mass is 595 g/mol. The van der Waals surface area contributed by atoms with Crippen LogP contribution in [0.4, 0.5) is 11.4 Å². The quantitative estimate of drug-likeness (QED) is 0.106. The zero-order valence-electron chi connectivity index (χ0n) is 21.9. The number of nitro benzene ring substituents is 2. The highest BCUT2D eigenvalue weighted by molar-refractivity contribution is 6.31. The molecule has 0 aliphatic heterocycles. The molecule has 0 atom stereocenters. The molecule has 0 bridgehead atoms. The van der Waals surface area contributed by atoms with Gasteiger partial charge >= 0.3 is 5.69 Å². The highest BCUT2D eigenvalue weighted by Gasteiger charge is 2.20. The molecular formula is C30H18ClN5O7. The van der Waals surface area contributed by atoms with E-state index >= 15 is 0 Å². The fourth-order valence-electron chi connectivity index (χ4n) is 4.45. The lowest BCUT2D eigenvalue weighted by atomic mass is 10.2. The molecule has 0 aliphatic carbocycles. The first-order valence-corrected chi connectivity index (χ1v) is 13.1. The van der Waals surface area contributed by atoms with Crippen molar-refractivity contribution in [1.82, 2.24) is 9.66 Å². The van der Waals surface area contributed by atoms with Crippen molar-refractivity contribution < 1.29 is 19.0 Å². The molecule has 0 amide bonds. The third kappa shape index (κ3) is 5.42. The molecule has 6 aromatic rings. The number of aromatic nitrogens is 2. The predicted molar refractivity (Wildman–Crippen MR) is 160 cm³/mol. The lowest BCUT2D eigenvalue weighted by Gasteiger charge is -2.10. The van der Waals surface area contributed by atoms with Gasteiger partial charge in [0.25, 0.3) is 11.2 Å². The predicted octanol–water partition coefficient (Wildman–Crippen LogP) is 6.74. The zero-order valence-corrected chi connectivity index (χ0v) is 22.7. The lowest BCUT2D eigenvalue weighted by molar-refractivity contribution is -0.386. The number of para-hydroxylation sites is 2. The first kappa shape index (κ1) is 27.3. The first-order valence-electron chi connectivity index (χ1n) is 12.7. The summed E-state index contributed by atoms with van der Waals surface area (Å²) in [5.41, 5.74) is 0.790. The maximum atomic E-state index is 13.6. The summed E-state index contributed by atoms with van der Waals surface area (Å²) in [6.07, 6.45) is 1.26. The Balaban J connectivity index is 1.44. The molecule has 0 spiro atoms. The Bertz CT molecular complexity index is 2140. The molecule has 13 heteroatoms. The molecule has 0 radical (unpaired) electrons. The Morgan fingerprint density at radius 2 is 1.74 bits per heavy atom. The number of nitrogens with zero attached hydrogens (tertiary/aromatic N) is 5. The van der Waals surface area contributed by atoms with E-state index in [2.05, 4.69) is 10.1 Å². The van der Waals surface area contributed by atoms with Crippen molar-refractivity contribution in [3.05, 3.63) is 138 Å². The maximum absolute atomic E-state index is 13.6. The van der Waals surface area contributed by atoms with Crippen LogP contribution in [0.25, 0.3) is 33.5 Å². The summed E-state index contributed by atoms with van der Waals surface area (Å²) in [6, 6.07) is 23.4. The third-order valence-electron chi connectivity index (χ3n) is 6.52. The minimum absolute atomic E-state index is 0.0972. The van der Waals surface area contributed by atoms with Crippen molar-refractivity contribution >= 4 is 51.1 Å². The molecule has 2 heterocycles. The molecule has 0 fully saturated rings. The average Bonchev–Trinajstić information content (AvgIpc) is 3.43. The Labute approximate surface area is 246 Å². The number of hydrogen-bond acceptors (Lipinski definition) is 9. The molecule has 0 saturated carbocycles. The average molecular weight is 596 g/mol. The van der Waals surface area contributed by atoms with Crippen LogP contribution in [0, 0.1) is 20.2 Å². The SMILES string of the molecule is O=c1c2ccccc2nc(-c2cc3cc(Cl)ccc3o2)n1N=Cc1cccc([N+](=O)[O-])c1OCc1ccc([N+](=O)[O-])cc1. The standard InChI is InChI=1S/C30H18ClN5O7/c31-21-10-13-26-20(14-21)15-27(43-26)29-33-24-6-2-1-5-23(24)30(37)34(29)32-16-19-4-3-7-25(36(40)41)28(19)42-17-18-8-11-22(12-9-18)35(38)39/h1-16H,17H2. The second-order valence-electron chi connectivity index (χ2n) is 9.27. The molecule has 212 valence electrons. The van der Waals surface area contributed by atoms with Gasteiger partial charge in [-0.05, 0) is 60.2 Å². The molecule has 6 rings (SSSR count). The molecule has 12 nitrogen and oxygen atoms in total. The van der Waals surface area contributed by atoms with Crippen LogP contribution >= 0.6 is 11.6 Å². The van der Waals surface area contributed by atoms with Crippen LogP contribution < -0.4 is 10.3 Å².